The lowest BCUT2D eigenvalue weighted by molar-refractivity contribution is -0.143. The van der Waals surface area contributed by atoms with Crippen LogP contribution in [0.3, 0.4) is 0 Å². The highest BCUT2D eigenvalue weighted by Crippen LogP contribution is 2.19. The van der Waals surface area contributed by atoms with Gasteiger partial charge in [0.05, 0.1) is 18.9 Å². The number of hydrogen-bond donors (Lipinski definition) is 8. The topological polar surface area (TPSA) is 247 Å². The zero-order valence-corrected chi connectivity index (χ0v) is 22.0. The van der Waals surface area contributed by atoms with Gasteiger partial charge in [-0.05, 0) is 30.1 Å². The van der Waals surface area contributed by atoms with Gasteiger partial charge in [0.2, 0.25) is 23.6 Å². The van der Waals surface area contributed by atoms with Crippen molar-refractivity contribution in [1.82, 2.24) is 20.9 Å². The molecule has 0 aliphatic carbocycles. The number of fused-ring (bicyclic) bond motifs is 1. The van der Waals surface area contributed by atoms with Crippen molar-refractivity contribution in [3.8, 4) is 0 Å². The largest absolute Gasteiger partial charge is 0.481 e. The molecule has 0 aliphatic rings. The van der Waals surface area contributed by atoms with Gasteiger partial charge in [0.1, 0.15) is 18.1 Å². The maximum Gasteiger partial charge on any atom is 0.326 e. The normalized spacial score (nSPS) is 14.0. The third-order valence-corrected chi connectivity index (χ3v) is 6.37. The summed E-state index contributed by atoms with van der Waals surface area (Å²) < 4.78 is 0. The number of rotatable bonds is 16. The van der Waals surface area contributed by atoms with Crippen LogP contribution in [-0.4, -0.2) is 86.9 Å². The minimum absolute atomic E-state index is 0.0764. The standard InChI is InChI=1S/C24H32N6O8S/c1-39-7-6-16(24(37)38)28-23(36)18(10-20(32)33)30-22(35)17(29-21(34)14(25)9-19(26)31)8-12-11-27-15-5-3-2-4-13(12)15/h2-5,11,14,16-18,27H,6-10,25H2,1H3,(H2,26,31)(H,28,36)(H,29,34)(H,30,35)(H,32,33)(H,37,38). The van der Waals surface area contributed by atoms with Crippen LogP contribution in [0.4, 0.5) is 0 Å². The van der Waals surface area contributed by atoms with Crippen LogP contribution < -0.4 is 27.4 Å². The first-order valence-corrected chi connectivity index (χ1v) is 13.3. The first-order valence-electron chi connectivity index (χ1n) is 11.9. The lowest BCUT2D eigenvalue weighted by Gasteiger charge is -2.24. The van der Waals surface area contributed by atoms with Crippen LogP contribution in [0, 0.1) is 0 Å². The van der Waals surface area contributed by atoms with Crippen molar-refractivity contribution in [2.75, 3.05) is 12.0 Å². The second-order valence-electron chi connectivity index (χ2n) is 8.74. The van der Waals surface area contributed by atoms with E-state index in [1.807, 2.05) is 0 Å². The highest BCUT2D eigenvalue weighted by Gasteiger charge is 2.32. The van der Waals surface area contributed by atoms with Crippen molar-refractivity contribution in [3.05, 3.63) is 36.0 Å². The Morgan fingerprint density at radius 1 is 0.923 bits per heavy atom. The van der Waals surface area contributed by atoms with Crippen molar-refractivity contribution in [2.45, 2.75) is 49.9 Å². The van der Waals surface area contributed by atoms with Gasteiger partial charge in [-0.25, -0.2) is 4.79 Å². The molecule has 10 N–H and O–H groups in total. The van der Waals surface area contributed by atoms with Crippen molar-refractivity contribution in [3.63, 3.8) is 0 Å². The molecule has 212 valence electrons. The molecule has 0 saturated heterocycles. The Labute approximate surface area is 227 Å². The number of amides is 4. The Morgan fingerprint density at radius 2 is 1.54 bits per heavy atom. The van der Waals surface area contributed by atoms with E-state index < -0.39 is 72.6 Å². The number of thioether (sulfide) groups is 1. The van der Waals surface area contributed by atoms with Gasteiger partial charge in [-0.1, -0.05) is 18.2 Å². The second kappa shape index (κ2) is 14.7. The molecule has 1 aromatic carbocycles. The molecule has 39 heavy (non-hydrogen) atoms. The maximum atomic E-state index is 13.3. The molecule has 2 rings (SSSR count). The summed E-state index contributed by atoms with van der Waals surface area (Å²) in [6.45, 7) is 0. The molecule has 14 nitrogen and oxygen atoms in total. The number of nitrogens with one attached hydrogen (secondary N) is 4. The predicted molar refractivity (Wildman–Crippen MR) is 142 cm³/mol. The molecule has 15 heteroatoms. The molecule has 0 radical (unpaired) electrons. The molecule has 4 unspecified atom stereocenters. The van der Waals surface area contributed by atoms with Crippen molar-refractivity contribution >= 4 is 58.2 Å². The van der Waals surface area contributed by atoms with Crippen molar-refractivity contribution in [1.29, 1.82) is 0 Å². The molecule has 1 aromatic heterocycles. The minimum Gasteiger partial charge on any atom is -0.481 e. The Kier molecular flexibility index (Phi) is 11.7. The van der Waals surface area contributed by atoms with E-state index in [0.29, 0.717) is 11.3 Å². The van der Waals surface area contributed by atoms with E-state index in [4.69, 9.17) is 11.5 Å². The van der Waals surface area contributed by atoms with Crippen LogP contribution in [0.25, 0.3) is 10.9 Å². The number of aromatic amines is 1. The lowest BCUT2D eigenvalue weighted by Crippen LogP contribution is -2.58. The molecule has 0 fully saturated rings. The van der Waals surface area contributed by atoms with E-state index in [1.54, 1.807) is 36.7 Å². The first kappa shape index (κ1) is 31.1. The number of carboxylic acids is 2. The van der Waals surface area contributed by atoms with Crippen molar-refractivity contribution in [2.24, 2.45) is 11.5 Å². The number of primary amides is 1. The van der Waals surface area contributed by atoms with Gasteiger partial charge in [-0.15, -0.1) is 0 Å². The quantitative estimate of drug-likeness (QED) is 0.119. The summed E-state index contributed by atoms with van der Waals surface area (Å²) in [5, 5.41) is 26.5. The predicted octanol–water partition coefficient (Wildman–Crippen LogP) is -1.32. The average molecular weight is 565 g/mol. The molecule has 4 atom stereocenters. The fraction of sp³-hybridized carbons (Fsp3) is 0.417. The maximum absolute atomic E-state index is 13.3. The van der Waals surface area contributed by atoms with Gasteiger partial charge in [0.15, 0.2) is 0 Å². The Balaban J connectivity index is 2.30. The number of carboxylic acid groups (broad SMARTS) is 2. The summed E-state index contributed by atoms with van der Waals surface area (Å²) in [7, 11) is 0. The smallest absolute Gasteiger partial charge is 0.326 e. The SMILES string of the molecule is CSCCC(NC(=O)C(CC(=O)O)NC(=O)C(Cc1c[nH]c2ccccc12)NC(=O)C(N)CC(N)=O)C(=O)O. The van der Waals surface area contributed by atoms with Crippen LogP contribution in [0.5, 0.6) is 0 Å². The monoisotopic (exact) mass is 564 g/mol. The van der Waals surface area contributed by atoms with E-state index in [0.717, 1.165) is 10.9 Å². The summed E-state index contributed by atoms with van der Waals surface area (Å²) in [6, 6.07) is 1.53. The van der Waals surface area contributed by atoms with Crippen LogP contribution in [0.1, 0.15) is 24.8 Å². The summed E-state index contributed by atoms with van der Waals surface area (Å²) in [5.74, 6) is -5.95. The molecule has 1 heterocycles. The van der Waals surface area contributed by atoms with Crippen LogP contribution >= 0.6 is 11.8 Å². The highest BCUT2D eigenvalue weighted by atomic mass is 32.2. The Hall–Kier alpha value is -4.11. The van der Waals surface area contributed by atoms with Crippen LogP contribution in [0.2, 0.25) is 0 Å². The number of aliphatic carboxylic acids is 2. The Bertz CT molecular complexity index is 1220. The molecule has 0 aliphatic heterocycles. The number of hydrogen-bond acceptors (Lipinski definition) is 8. The molecule has 2 aromatic rings. The number of aromatic nitrogens is 1. The number of benzene rings is 1. The molecular formula is C24H32N6O8S. The van der Waals surface area contributed by atoms with Gasteiger partial charge in [0, 0.05) is 23.5 Å². The fourth-order valence-electron chi connectivity index (χ4n) is 3.74. The second-order valence-corrected chi connectivity index (χ2v) is 9.73. The number of H-pyrrole nitrogens is 1. The molecule has 0 spiro atoms. The zero-order chi connectivity index (χ0) is 29.1. The third-order valence-electron chi connectivity index (χ3n) is 5.73. The lowest BCUT2D eigenvalue weighted by atomic mass is 10.0. The van der Waals surface area contributed by atoms with E-state index in [1.165, 1.54) is 11.8 Å². The fourth-order valence-corrected chi connectivity index (χ4v) is 4.21. The number of nitrogens with two attached hydrogens (primary N) is 2. The molecule has 0 saturated carbocycles. The van der Waals surface area contributed by atoms with Gasteiger partial charge in [-0.2, -0.15) is 11.8 Å². The van der Waals surface area contributed by atoms with E-state index >= 15 is 0 Å². The Morgan fingerprint density at radius 3 is 2.15 bits per heavy atom. The zero-order valence-electron chi connectivity index (χ0n) is 21.1. The van der Waals surface area contributed by atoms with Crippen LogP contribution in [0.15, 0.2) is 30.5 Å². The number of carbonyl (C=O) groups is 6. The van der Waals surface area contributed by atoms with Gasteiger partial charge in [0.25, 0.3) is 0 Å². The molecule has 4 amide bonds. The summed E-state index contributed by atoms with van der Waals surface area (Å²) in [5.41, 5.74) is 12.2. The molecule has 0 bridgehead atoms. The minimum atomic E-state index is -1.65. The van der Waals surface area contributed by atoms with E-state index in [9.17, 15) is 39.0 Å². The highest BCUT2D eigenvalue weighted by molar-refractivity contribution is 7.98. The summed E-state index contributed by atoms with van der Waals surface area (Å²) >= 11 is 1.36. The van der Waals surface area contributed by atoms with Gasteiger partial charge < -0.3 is 42.6 Å². The van der Waals surface area contributed by atoms with Gasteiger partial charge in [-0.3, -0.25) is 24.0 Å². The van der Waals surface area contributed by atoms with Crippen LogP contribution in [-0.2, 0) is 35.2 Å². The molecular weight excluding hydrogens is 532 g/mol. The summed E-state index contributed by atoms with van der Waals surface area (Å²) in [6.07, 6.45) is 2.05. The average Bonchev–Trinajstić information content (AvgIpc) is 3.27. The third kappa shape index (κ3) is 9.61. The summed E-state index contributed by atoms with van der Waals surface area (Å²) in [4.78, 5) is 76.0. The van der Waals surface area contributed by atoms with Crippen molar-refractivity contribution < 1.29 is 39.0 Å². The first-order chi connectivity index (χ1) is 18.4. The number of para-hydroxylation sites is 1. The number of carbonyl (C=O) groups excluding carboxylic acids is 4. The van der Waals surface area contributed by atoms with E-state index in [-0.39, 0.29) is 12.8 Å². The van der Waals surface area contributed by atoms with E-state index in [2.05, 4.69) is 20.9 Å². The van der Waals surface area contributed by atoms with Gasteiger partial charge >= 0.3 is 11.9 Å².